The minimum Gasteiger partial charge on any atom is -0.495 e. The monoisotopic (exact) mass is 230 g/mol. The van der Waals surface area contributed by atoms with Gasteiger partial charge in [0, 0.05) is 6.20 Å². The molecule has 0 saturated carbocycles. The number of hydrogen-bond acceptors (Lipinski definition) is 5. The van der Waals surface area contributed by atoms with Crippen LogP contribution in [-0.4, -0.2) is 22.1 Å². The van der Waals surface area contributed by atoms with Crippen molar-refractivity contribution >= 4 is 5.82 Å². The van der Waals surface area contributed by atoms with Gasteiger partial charge in [-0.2, -0.15) is 0 Å². The van der Waals surface area contributed by atoms with Gasteiger partial charge < -0.3 is 10.1 Å². The SMILES string of the molecule is COc1ccc(NCc2cnc(C)cn2)nc1. The highest BCUT2D eigenvalue weighted by atomic mass is 16.5. The maximum Gasteiger partial charge on any atom is 0.137 e. The molecule has 2 aromatic rings. The molecule has 0 radical (unpaired) electrons. The van der Waals surface area contributed by atoms with E-state index in [2.05, 4.69) is 20.3 Å². The predicted molar refractivity (Wildman–Crippen MR) is 64.9 cm³/mol. The van der Waals surface area contributed by atoms with Crippen molar-refractivity contribution in [3.8, 4) is 5.75 Å². The molecular formula is C12H14N4O. The Kier molecular flexibility index (Phi) is 3.49. The molecule has 0 aromatic carbocycles. The molecule has 0 aliphatic rings. The number of methoxy groups -OCH3 is 1. The molecule has 17 heavy (non-hydrogen) atoms. The molecule has 88 valence electrons. The van der Waals surface area contributed by atoms with Crippen molar-refractivity contribution in [2.24, 2.45) is 0 Å². The molecule has 0 atom stereocenters. The molecule has 0 amide bonds. The summed E-state index contributed by atoms with van der Waals surface area (Å²) in [5.74, 6) is 1.53. The summed E-state index contributed by atoms with van der Waals surface area (Å²) in [4.78, 5) is 12.6. The van der Waals surface area contributed by atoms with Crippen molar-refractivity contribution in [2.45, 2.75) is 13.5 Å². The number of rotatable bonds is 4. The molecule has 0 aliphatic heterocycles. The Morgan fingerprint density at radius 2 is 2.00 bits per heavy atom. The van der Waals surface area contributed by atoms with Crippen LogP contribution in [0.2, 0.25) is 0 Å². The molecule has 2 rings (SSSR count). The minimum atomic E-state index is 0.604. The number of anilines is 1. The molecule has 0 fully saturated rings. The van der Waals surface area contributed by atoms with E-state index in [1.165, 1.54) is 0 Å². The van der Waals surface area contributed by atoms with Gasteiger partial charge in [0.15, 0.2) is 0 Å². The molecule has 2 heterocycles. The molecule has 0 bridgehead atoms. The Morgan fingerprint density at radius 1 is 1.12 bits per heavy atom. The molecule has 0 saturated heterocycles. The Balaban J connectivity index is 1.95. The number of aryl methyl sites for hydroxylation is 1. The first kappa shape index (κ1) is 11.3. The van der Waals surface area contributed by atoms with Gasteiger partial charge in [0.2, 0.25) is 0 Å². The van der Waals surface area contributed by atoms with Crippen LogP contribution >= 0.6 is 0 Å². The van der Waals surface area contributed by atoms with E-state index in [0.717, 1.165) is 23.0 Å². The number of ether oxygens (including phenoxy) is 1. The summed E-state index contributed by atoms with van der Waals surface area (Å²) in [5.41, 5.74) is 1.80. The third kappa shape index (κ3) is 3.14. The van der Waals surface area contributed by atoms with Crippen LogP contribution in [0.15, 0.2) is 30.7 Å². The van der Waals surface area contributed by atoms with Gasteiger partial charge in [-0.3, -0.25) is 9.97 Å². The van der Waals surface area contributed by atoms with E-state index in [-0.39, 0.29) is 0 Å². The van der Waals surface area contributed by atoms with Crippen molar-refractivity contribution in [1.82, 2.24) is 15.0 Å². The standard InChI is InChI=1S/C12H14N4O/c1-9-5-14-10(6-13-9)7-15-12-4-3-11(17-2)8-16-12/h3-6,8H,7H2,1-2H3,(H,15,16). The number of aromatic nitrogens is 3. The van der Waals surface area contributed by atoms with Crippen LogP contribution in [0, 0.1) is 6.92 Å². The quantitative estimate of drug-likeness (QED) is 0.867. The molecule has 1 N–H and O–H groups in total. The average molecular weight is 230 g/mol. The number of hydrogen-bond donors (Lipinski definition) is 1. The Hall–Kier alpha value is -2.17. The number of nitrogens with one attached hydrogen (secondary N) is 1. The van der Waals surface area contributed by atoms with Gasteiger partial charge in [0.25, 0.3) is 0 Å². The number of nitrogens with zero attached hydrogens (tertiary/aromatic N) is 3. The van der Waals surface area contributed by atoms with Crippen LogP contribution in [0.1, 0.15) is 11.4 Å². The summed E-state index contributed by atoms with van der Waals surface area (Å²) < 4.78 is 5.03. The summed E-state index contributed by atoms with van der Waals surface area (Å²) in [6, 6.07) is 3.72. The van der Waals surface area contributed by atoms with E-state index in [1.54, 1.807) is 25.7 Å². The van der Waals surface area contributed by atoms with Gasteiger partial charge in [-0.1, -0.05) is 0 Å². The molecule has 5 heteroatoms. The van der Waals surface area contributed by atoms with Crippen LogP contribution < -0.4 is 10.1 Å². The van der Waals surface area contributed by atoms with Crippen molar-refractivity contribution in [3.05, 3.63) is 42.1 Å². The number of pyridine rings is 1. The second-order valence-electron chi connectivity index (χ2n) is 3.59. The second-order valence-corrected chi connectivity index (χ2v) is 3.59. The Labute approximate surface area is 99.9 Å². The molecule has 5 nitrogen and oxygen atoms in total. The van der Waals surface area contributed by atoms with Crippen LogP contribution in [0.4, 0.5) is 5.82 Å². The summed E-state index contributed by atoms with van der Waals surface area (Å²) in [6.07, 6.45) is 5.17. The first-order chi connectivity index (χ1) is 8.28. The highest BCUT2D eigenvalue weighted by Gasteiger charge is 1.97. The zero-order chi connectivity index (χ0) is 12.1. The van der Waals surface area contributed by atoms with Crippen LogP contribution in [0.5, 0.6) is 5.75 Å². The van der Waals surface area contributed by atoms with Gasteiger partial charge in [-0.25, -0.2) is 4.98 Å². The third-order valence-corrected chi connectivity index (χ3v) is 2.26. The summed E-state index contributed by atoms with van der Waals surface area (Å²) in [7, 11) is 1.62. The minimum absolute atomic E-state index is 0.604. The van der Waals surface area contributed by atoms with E-state index in [1.807, 2.05) is 19.1 Å². The van der Waals surface area contributed by atoms with Gasteiger partial charge in [-0.05, 0) is 19.1 Å². The van der Waals surface area contributed by atoms with Crippen molar-refractivity contribution in [1.29, 1.82) is 0 Å². The van der Waals surface area contributed by atoms with Crippen molar-refractivity contribution in [2.75, 3.05) is 12.4 Å². The van der Waals surface area contributed by atoms with Crippen LogP contribution in [0.25, 0.3) is 0 Å². The Morgan fingerprint density at radius 3 is 2.59 bits per heavy atom. The van der Waals surface area contributed by atoms with E-state index >= 15 is 0 Å². The first-order valence-corrected chi connectivity index (χ1v) is 5.29. The topological polar surface area (TPSA) is 59.9 Å². The normalized spacial score (nSPS) is 10.0. The lowest BCUT2D eigenvalue weighted by Gasteiger charge is -2.05. The van der Waals surface area contributed by atoms with E-state index in [0.29, 0.717) is 6.54 Å². The molecule has 0 unspecified atom stereocenters. The summed E-state index contributed by atoms with van der Waals surface area (Å²) in [5, 5.41) is 3.16. The second kappa shape index (κ2) is 5.25. The lowest BCUT2D eigenvalue weighted by molar-refractivity contribution is 0.413. The van der Waals surface area contributed by atoms with Gasteiger partial charge in [-0.15, -0.1) is 0 Å². The van der Waals surface area contributed by atoms with Gasteiger partial charge >= 0.3 is 0 Å². The largest absolute Gasteiger partial charge is 0.495 e. The lowest BCUT2D eigenvalue weighted by Crippen LogP contribution is -2.03. The zero-order valence-electron chi connectivity index (χ0n) is 9.84. The Bertz CT molecular complexity index is 467. The molecular weight excluding hydrogens is 216 g/mol. The fourth-order valence-corrected chi connectivity index (χ4v) is 1.30. The first-order valence-electron chi connectivity index (χ1n) is 5.29. The van der Waals surface area contributed by atoms with Crippen molar-refractivity contribution in [3.63, 3.8) is 0 Å². The molecule has 0 spiro atoms. The highest BCUT2D eigenvalue weighted by molar-refractivity contribution is 5.37. The lowest BCUT2D eigenvalue weighted by atomic mass is 10.4. The predicted octanol–water partition coefficient (Wildman–Crippen LogP) is 1.80. The fourth-order valence-electron chi connectivity index (χ4n) is 1.30. The highest BCUT2D eigenvalue weighted by Crippen LogP contribution is 2.11. The van der Waals surface area contributed by atoms with E-state index in [9.17, 15) is 0 Å². The third-order valence-electron chi connectivity index (χ3n) is 2.26. The van der Waals surface area contributed by atoms with Crippen LogP contribution in [-0.2, 0) is 6.54 Å². The molecule has 2 aromatic heterocycles. The maximum atomic E-state index is 5.03. The molecule has 0 aliphatic carbocycles. The van der Waals surface area contributed by atoms with E-state index < -0.39 is 0 Å². The van der Waals surface area contributed by atoms with E-state index in [4.69, 9.17) is 4.74 Å². The van der Waals surface area contributed by atoms with Crippen molar-refractivity contribution < 1.29 is 4.74 Å². The maximum absolute atomic E-state index is 5.03. The van der Waals surface area contributed by atoms with Gasteiger partial charge in [0.1, 0.15) is 11.6 Å². The van der Waals surface area contributed by atoms with Gasteiger partial charge in [0.05, 0.1) is 37.4 Å². The fraction of sp³-hybridized carbons (Fsp3) is 0.250. The summed E-state index contributed by atoms with van der Waals surface area (Å²) >= 11 is 0. The zero-order valence-corrected chi connectivity index (χ0v) is 9.84. The summed E-state index contributed by atoms with van der Waals surface area (Å²) in [6.45, 7) is 2.52. The average Bonchev–Trinajstić information content (AvgIpc) is 2.39. The smallest absolute Gasteiger partial charge is 0.137 e. The van der Waals surface area contributed by atoms with Crippen LogP contribution in [0.3, 0.4) is 0 Å².